The number of ether oxygens (including phenoxy) is 1. The van der Waals surface area contributed by atoms with Crippen molar-refractivity contribution >= 4 is 39.2 Å². The van der Waals surface area contributed by atoms with Gasteiger partial charge in [-0.3, -0.25) is 10.1 Å². The molecule has 160 valence electrons. The van der Waals surface area contributed by atoms with Gasteiger partial charge in [0.05, 0.1) is 34.4 Å². The fourth-order valence-corrected chi connectivity index (χ4v) is 5.17. The first-order valence-corrected chi connectivity index (χ1v) is 11.6. The zero-order chi connectivity index (χ0) is 22.1. The summed E-state index contributed by atoms with van der Waals surface area (Å²) in [4.78, 5) is 16.5. The topological polar surface area (TPSA) is 80.9 Å². The number of thiophene rings is 1. The van der Waals surface area contributed by atoms with Crippen LogP contribution in [0.4, 0.5) is 10.8 Å². The molecule has 0 saturated heterocycles. The Labute approximate surface area is 192 Å². The van der Waals surface area contributed by atoms with Gasteiger partial charge in [0.2, 0.25) is 5.13 Å². The van der Waals surface area contributed by atoms with Gasteiger partial charge in [-0.1, -0.05) is 18.2 Å². The van der Waals surface area contributed by atoms with Crippen molar-refractivity contribution in [2.75, 3.05) is 12.1 Å². The minimum absolute atomic E-state index is 0.0221. The lowest BCUT2D eigenvalue weighted by atomic mass is 10.0. The van der Waals surface area contributed by atoms with E-state index in [2.05, 4.69) is 23.6 Å². The fourth-order valence-electron chi connectivity index (χ4n) is 3.62. The summed E-state index contributed by atoms with van der Waals surface area (Å²) in [6, 6.07) is 18.6. The number of rotatable bonds is 6. The quantitative estimate of drug-likeness (QED) is 0.254. The standard InChI is InChI=1S/C23H18N4O3S2/c1-30-18-10-6-16(7-11-18)21-13-19(22-3-2-12-31-22)25-26(21)23-24-20(14-32-23)15-4-8-17(9-5-15)27(28)29/h2-12,14,21H,13H2,1H3/t21-/m0/s1. The van der Waals surface area contributed by atoms with Crippen molar-refractivity contribution in [1.29, 1.82) is 0 Å². The van der Waals surface area contributed by atoms with Crippen molar-refractivity contribution in [3.63, 3.8) is 0 Å². The molecule has 2 aromatic carbocycles. The van der Waals surface area contributed by atoms with Gasteiger partial charge in [-0.15, -0.1) is 22.7 Å². The molecule has 3 heterocycles. The number of hydrogen-bond acceptors (Lipinski definition) is 8. The third-order valence-corrected chi connectivity index (χ3v) is 7.03. The molecule has 0 amide bonds. The zero-order valence-electron chi connectivity index (χ0n) is 17.0. The monoisotopic (exact) mass is 462 g/mol. The van der Waals surface area contributed by atoms with E-state index in [4.69, 9.17) is 14.8 Å². The molecule has 2 aromatic heterocycles. The summed E-state index contributed by atoms with van der Waals surface area (Å²) in [6.07, 6.45) is 0.777. The van der Waals surface area contributed by atoms with Crippen LogP contribution in [0, 0.1) is 10.1 Å². The average Bonchev–Trinajstić information content (AvgIpc) is 3.59. The highest BCUT2D eigenvalue weighted by atomic mass is 32.1. The van der Waals surface area contributed by atoms with Gasteiger partial charge < -0.3 is 4.74 Å². The molecule has 0 radical (unpaired) electrons. The molecule has 1 atom stereocenters. The summed E-state index contributed by atoms with van der Waals surface area (Å²) in [7, 11) is 1.66. The number of methoxy groups -OCH3 is 1. The Bertz CT molecular complexity index is 1270. The molecule has 1 aliphatic rings. The maximum atomic E-state index is 10.9. The van der Waals surface area contributed by atoms with E-state index in [-0.39, 0.29) is 11.7 Å². The number of benzene rings is 2. The fraction of sp³-hybridized carbons (Fsp3) is 0.130. The summed E-state index contributed by atoms with van der Waals surface area (Å²) < 4.78 is 5.31. The molecule has 9 heteroatoms. The number of thiazole rings is 1. The molecule has 0 bridgehead atoms. The van der Waals surface area contributed by atoms with Crippen molar-refractivity contribution in [3.05, 3.63) is 92.0 Å². The smallest absolute Gasteiger partial charge is 0.269 e. The molecule has 0 saturated carbocycles. The number of aromatic nitrogens is 1. The van der Waals surface area contributed by atoms with E-state index in [0.717, 1.165) is 44.7 Å². The van der Waals surface area contributed by atoms with Crippen molar-refractivity contribution in [2.45, 2.75) is 12.5 Å². The largest absolute Gasteiger partial charge is 0.497 e. The van der Waals surface area contributed by atoms with Crippen molar-refractivity contribution in [2.24, 2.45) is 5.10 Å². The highest BCUT2D eigenvalue weighted by Gasteiger charge is 2.32. The molecular weight excluding hydrogens is 444 g/mol. The molecule has 7 nitrogen and oxygen atoms in total. The van der Waals surface area contributed by atoms with E-state index in [1.54, 1.807) is 30.6 Å². The maximum absolute atomic E-state index is 10.9. The van der Waals surface area contributed by atoms with Crippen LogP contribution in [0.25, 0.3) is 11.3 Å². The highest BCUT2D eigenvalue weighted by molar-refractivity contribution is 7.14. The first kappa shape index (κ1) is 20.3. The predicted molar refractivity (Wildman–Crippen MR) is 128 cm³/mol. The van der Waals surface area contributed by atoms with Crippen LogP contribution in [-0.4, -0.2) is 22.7 Å². The molecule has 4 aromatic rings. The Morgan fingerprint density at radius 3 is 2.53 bits per heavy atom. The zero-order valence-corrected chi connectivity index (χ0v) is 18.7. The highest BCUT2D eigenvalue weighted by Crippen LogP contribution is 2.40. The van der Waals surface area contributed by atoms with E-state index < -0.39 is 4.92 Å². The summed E-state index contributed by atoms with van der Waals surface area (Å²) in [5.74, 6) is 0.812. The van der Waals surface area contributed by atoms with E-state index in [9.17, 15) is 10.1 Å². The van der Waals surface area contributed by atoms with Crippen LogP contribution in [0.3, 0.4) is 0 Å². The van der Waals surface area contributed by atoms with E-state index in [1.807, 2.05) is 28.6 Å². The third-order valence-electron chi connectivity index (χ3n) is 5.28. The van der Waals surface area contributed by atoms with Crippen LogP contribution < -0.4 is 9.75 Å². The first-order valence-electron chi connectivity index (χ1n) is 9.87. The SMILES string of the molecule is COc1ccc([C@@H]2CC(c3cccs3)=NN2c2nc(-c3ccc([N+](=O)[O-])cc3)cs2)cc1. The van der Waals surface area contributed by atoms with E-state index in [1.165, 1.54) is 23.5 Å². The van der Waals surface area contributed by atoms with Crippen molar-refractivity contribution < 1.29 is 9.66 Å². The molecule has 1 aliphatic heterocycles. The number of nitrogens with zero attached hydrogens (tertiary/aromatic N) is 4. The van der Waals surface area contributed by atoms with Gasteiger partial charge in [0, 0.05) is 29.5 Å². The van der Waals surface area contributed by atoms with Crippen LogP contribution in [0.2, 0.25) is 0 Å². The number of nitro groups is 1. The Balaban J connectivity index is 1.48. The van der Waals surface area contributed by atoms with Crippen LogP contribution in [0.1, 0.15) is 22.9 Å². The van der Waals surface area contributed by atoms with Gasteiger partial charge in [-0.2, -0.15) is 5.10 Å². The maximum Gasteiger partial charge on any atom is 0.269 e. The third kappa shape index (κ3) is 3.88. The second kappa shape index (κ2) is 8.52. The molecule has 0 unspecified atom stereocenters. The summed E-state index contributed by atoms with van der Waals surface area (Å²) in [5.41, 5.74) is 3.84. The lowest BCUT2D eigenvalue weighted by Gasteiger charge is -2.21. The van der Waals surface area contributed by atoms with Crippen LogP contribution in [0.5, 0.6) is 5.75 Å². The van der Waals surface area contributed by atoms with Gasteiger partial charge >= 0.3 is 0 Å². The lowest BCUT2D eigenvalue weighted by molar-refractivity contribution is -0.384. The second-order valence-electron chi connectivity index (χ2n) is 7.18. The van der Waals surface area contributed by atoms with Gasteiger partial charge in [-0.25, -0.2) is 9.99 Å². The molecule has 5 rings (SSSR count). The molecule has 0 spiro atoms. The van der Waals surface area contributed by atoms with Gasteiger partial charge in [0.1, 0.15) is 5.75 Å². The van der Waals surface area contributed by atoms with Gasteiger partial charge in [0.25, 0.3) is 5.69 Å². The van der Waals surface area contributed by atoms with Crippen molar-refractivity contribution in [1.82, 2.24) is 4.98 Å². The Hall–Kier alpha value is -3.56. The Morgan fingerprint density at radius 2 is 1.88 bits per heavy atom. The second-order valence-corrected chi connectivity index (χ2v) is 8.97. The summed E-state index contributed by atoms with van der Waals surface area (Å²) >= 11 is 3.19. The average molecular weight is 463 g/mol. The minimum Gasteiger partial charge on any atom is -0.497 e. The molecule has 32 heavy (non-hydrogen) atoms. The van der Waals surface area contributed by atoms with Crippen molar-refractivity contribution in [3.8, 4) is 17.0 Å². The number of nitro benzene ring substituents is 1. The lowest BCUT2D eigenvalue weighted by Crippen LogP contribution is -2.18. The molecule has 0 fully saturated rings. The number of non-ortho nitro benzene ring substituents is 1. The first-order chi connectivity index (χ1) is 15.6. The van der Waals surface area contributed by atoms with Gasteiger partial charge in [-0.05, 0) is 41.3 Å². The number of anilines is 1. The van der Waals surface area contributed by atoms with E-state index >= 15 is 0 Å². The normalized spacial score (nSPS) is 15.6. The molecule has 0 aliphatic carbocycles. The van der Waals surface area contributed by atoms with Gasteiger partial charge in [0.15, 0.2) is 0 Å². The van der Waals surface area contributed by atoms with Crippen LogP contribution in [-0.2, 0) is 0 Å². The summed E-state index contributed by atoms with van der Waals surface area (Å²) in [5, 5.41) is 22.6. The Morgan fingerprint density at radius 1 is 1.09 bits per heavy atom. The predicted octanol–water partition coefficient (Wildman–Crippen LogP) is 6.14. The minimum atomic E-state index is -0.402. The van der Waals surface area contributed by atoms with Crippen LogP contribution >= 0.6 is 22.7 Å². The summed E-state index contributed by atoms with van der Waals surface area (Å²) in [6.45, 7) is 0. The number of hydrazone groups is 1. The molecule has 0 N–H and O–H groups in total. The van der Waals surface area contributed by atoms with E-state index in [0.29, 0.717) is 0 Å². The number of hydrogen-bond donors (Lipinski definition) is 0. The Kier molecular flexibility index (Phi) is 5.42. The molecular formula is C23H18N4O3S2. The van der Waals surface area contributed by atoms with Crippen LogP contribution in [0.15, 0.2) is 76.5 Å².